The van der Waals surface area contributed by atoms with Crippen molar-refractivity contribution in [3.8, 4) is 0 Å². The molecule has 1 N–H and O–H groups in total. The summed E-state index contributed by atoms with van der Waals surface area (Å²) < 4.78 is 0. The molecule has 0 radical (unpaired) electrons. The molecule has 0 atom stereocenters. The van der Waals surface area contributed by atoms with E-state index in [1.54, 1.807) is 36.2 Å². The summed E-state index contributed by atoms with van der Waals surface area (Å²) in [5.41, 5.74) is 1.18. The molecule has 0 unspecified atom stereocenters. The van der Waals surface area contributed by atoms with Crippen molar-refractivity contribution < 1.29 is 14.7 Å². The smallest absolute Gasteiger partial charge is 0.335 e. The maximum absolute atomic E-state index is 12.4. The van der Waals surface area contributed by atoms with E-state index in [-0.39, 0.29) is 11.6 Å². The third-order valence-electron chi connectivity index (χ3n) is 3.20. The second kappa shape index (κ2) is 8.29. The molecule has 0 saturated heterocycles. The topological polar surface area (TPSA) is 60.9 Å². The first-order valence-corrected chi connectivity index (χ1v) is 7.31. The molecule has 1 aromatic carbocycles. The van der Waals surface area contributed by atoms with Gasteiger partial charge in [-0.15, -0.1) is 0 Å². The average Bonchev–Trinajstić information content (AvgIpc) is 2.46. The minimum atomic E-state index is -0.942. The Labute approximate surface area is 126 Å². The molecule has 5 heteroatoms. The molecule has 5 nitrogen and oxygen atoms in total. The predicted molar refractivity (Wildman–Crippen MR) is 82.4 cm³/mol. The molecule has 0 saturated carbocycles. The molecule has 2 amide bonds. The van der Waals surface area contributed by atoms with Crippen LogP contribution in [-0.4, -0.2) is 47.0 Å². The number of carboxylic acids is 1. The molecule has 1 rings (SSSR count). The number of urea groups is 1. The van der Waals surface area contributed by atoms with Crippen LogP contribution >= 0.6 is 0 Å². The quantitative estimate of drug-likeness (QED) is 0.840. The molecule has 0 aliphatic heterocycles. The molecule has 0 bridgehead atoms. The summed E-state index contributed by atoms with van der Waals surface area (Å²) in [5, 5.41) is 8.87. The van der Waals surface area contributed by atoms with Gasteiger partial charge >= 0.3 is 12.0 Å². The van der Waals surface area contributed by atoms with E-state index < -0.39 is 5.97 Å². The lowest BCUT2D eigenvalue weighted by Crippen LogP contribution is -2.41. The highest BCUT2D eigenvalue weighted by Crippen LogP contribution is 2.09. The normalized spacial score (nSPS) is 10.2. The van der Waals surface area contributed by atoms with Gasteiger partial charge in [0.2, 0.25) is 0 Å². The van der Waals surface area contributed by atoms with Gasteiger partial charge < -0.3 is 14.9 Å². The first-order valence-electron chi connectivity index (χ1n) is 7.31. The zero-order valence-corrected chi connectivity index (χ0v) is 13.0. The molecule has 21 heavy (non-hydrogen) atoms. The zero-order valence-electron chi connectivity index (χ0n) is 13.0. The fraction of sp³-hybridized carbons (Fsp3) is 0.500. The Morgan fingerprint density at radius 3 is 2.00 bits per heavy atom. The largest absolute Gasteiger partial charge is 0.478 e. The van der Waals surface area contributed by atoms with Crippen LogP contribution in [0.15, 0.2) is 24.3 Å². The Hall–Kier alpha value is -2.04. The van der Waals surface area contributed by atoms with Gasteiger partial charge in [0.15, 0.2) is 0 Å². The minimum Gasteiger partial charge on any atom is -0.478 e. The first kappa shape index (κ1) is 17.0. The van der Waals surface area contributed by atoms with Crippen LogP contribution in [0.3, 0.4) is 0 Å². The van der Waals surface area contributed by atoms with E-state index in [9.17, 15) is 9.59 Å². The standard InChI is InChI=1S/C16H24N2O3/c1-4-10-18(11-5-2)16(21)17(3)12-13-6-8-14(9-7-13)15(19)20/h6-9H,4-5,10-12H2,1-3H3,(H,19,20). The third kappa shape index (κ3) is 5.10. The van der Waals surface area contributed by atoms with Gasteiger partial charge in [0.1, 0.15) is 0 Å². The van der Waals surface area contributed by atoms with Crippen molar-refractivity contribution in [1.29, 1.82) is 0 Å². The van der Waals surface area contributed by atoms with Gasteiger partial charge in [0.25, 0.3) is 0 Å². The van der Waals surface area contributed by atoms with E-state index in [0.29, 0.717) is 6.54 Å². The molecule has 1 aromatic rings. The van der Waals surface area contributed by atoms with E-state index in [1.807, 2.05) is 4.90 Å². The van der Waals surface area contributed by atoms with Gasteiger partial charge in [-0.2, -0.15) is 0 Å². The van der Waals surface area contributed by atoms with Crippen molar-refractivity contribution in [3.05, 3.63) is 35.4 Å². The Bertz CT molecular complexity index is 465. The van der Waals surface area contributed by atoms with Gasteiger partial charge in [-0.05, 0) is 30.5 Å². The predicted octanol–water partition coefficient (Wildman–Crippen LogP) is 3.06. The molecule has 0 aromatic heterocycles. The van der Waals surface area contributed by atoms with Crippen LogP contribution in [-0.2, 0) is 6.54 Å². The van der Waals surface area contributed by atoms with Crippen molar-refractivity contribution in [1.82, 2.24) is 9.80 Å². The number of carbonyl (C=O) groups excluding carboxylic acids is 1. The molecule has 0 aliphatic rings. The molecule has 0 fully saturated rings. The fourth-order valence-corrected chi connectivity index (χ4v) is 2.18. The second-order valence-electron chi connectivity index (χ2n) is 5.13. The highest BCUT2D eigenvalue weighted by molar-refractivity contribution is 5.87. The van der Waals surface area contributed by atoms with Crippen LogP contribution < -0.4 is 0 Å². The van der Waals surface area contributed by atoms with Crippen LogP contribution in [0.1, 0.15) is 42.6 Å². The molecular formula is C16H24N2O3. The summed E-state index contributed by atoms with van der Waals surface area (Å²) in [4.78, 5) is 26.7. The third-order valence-corrected chi connectivity index (χ3v) is 3.20. The summed E-state index contributed by atoms with van der Waals surface area (Å²) in [6, 6.07) is 6.63. The number of benzene rings is 1. The Morgan fingerprint density at radius 1 is 1.05 bits per heavy atom. The van der Waals surface area contributed by atoms with Crippen molar-refractivity contribution in [2.75, 3.05) is 20.1 Å². The van der Waals surface area contributed by atoms with Crippen LogP contribution in [0.5, 0.6) is 0 Å². The summed E-state index contributed by atoms with van der Waals surface area (Å²) in [6.07, 6.45) is 1.87. The average molecular weight is 292 g/mol. The number of rotatable bonds is 7. The van der Waals surface area contributed by atoms with Crippen LogP contribution in [0.2, 0.25) is 0 Å². The van der Waals surface area contributed by atoms with Gasteiger partial charge in [0.05, 0.1) is 5.56 Å². The van der Waals surface area contributed by atoms with E-state index >= 15 is 0 Å². The summed E-state index contributed by atoms with van der Waals surface area (Å²) in [5.74, 6) is -0.942. The first-order chi connectivity index (χ1) is 9.99. The fourth-order valence-electron chi connectivity index (χ4n) is 2.18. The van der Waals surface area contributed by atoms with E-state index in [0.717, 1.165) is 31.5 Å². The molecule has 0 spiro atoms. The molecular weight excluding hydrogens is 268 g/mol. The number of carbonyl (C=O) groups is 2. The lowest BCUT2D eigenvalue weighted by atomic mass is 10.1. The molecule has 0 heterocycles. The lowest BCUT2D eigenvalue weighted by Gasteiger charge is -2.27. The minimum absolute atomic E-state index is 0.0148. The number of aromatic carboxylic acids is 1. The number of hydrogen-bond acceptors (Lipinski definition) is 2. The van der Waals surface area contributed by atoms with Gasteiger partial charge in [-0.1, -0.05) is 26.0 Å². The van der Waals surface area contributed by atoms with Gasteiger partial charge in [0, 0.05) is 26.7 Å². The van der Waals surface area contributed by atoms with E-state index in [4.69, 9.17) is 5.11 Å². The van der Waals surface area contributed by atoms with Gasteiger partial charge in [-0.3, -0.25) is 0 Å². The van der Waals surface area contributed by atoms with Crippen molar-refractivity contribution >= 4 is 12.0 Å². The van der Waals surface area contributed by atoms with Crippen LogP contribution in [0.4, 0.5) is 4.79 Å². The van der Waals surface area contributed by atoms with Crippen molar-refractivity contribution in [2.24, 2.45) is 0 Å². The highest BCUT2D eigenvalue weighted by Gasteiger charge is 2.16. The zero-order chi connectivity index (χ0) is 15.8. The lowest BCUT2D eigenvalue weighted by molar-refractivity contribution is 0.0696. The molecule has 116 valence electrons. The number of carboxylic acid groups (broad SMARTS) is 1. The maximum atomic E-state index is 12.4. The molecule has 0 aliphatic carbocycles. The Morgan fingerprint density at radius 2 is 1.57 bits per heavy atom. The van der Waals surface area contributed by atoms with Crippen LogP contribution in [0.25, 0.3) is 0 Å². The highest BCUT2D eigenvalue weighted by atomic mass is 16.4. The second-order valence-corrected chi connectivity index (χ2v) is 5.13. The maximum Gasteiger partial charge on any atom is 0.335 e. The Kier molecular flexibility index (Phi) is 6.72. The van der Waals surface area contributed by atoms with Gasteiger partial charge in [-0.25, -0.2) is 9.59 Å². The van der Waals surface area contributed by atoms with E-state index in [1.165, 1.54) is 0 Å². The van der Waals surface area contributed by atoms with Crippen molar-refractivity contribution in [3.63, 3.8) is 0 Å². The van der Waals surface area contributed by atoms with Crippen LogP contribution in [0, 0.1) is 0 Å². The van der Waals surface area contributed by atoms with Crippen molar-refractivity contribution in [2.45, 2.75) is 33.2 Å². The number of hydrogen-bond donors (Lipinski definition) is 1. The summed E-state index contributed by atoms with van der Waals surface area (Å²) in [6.45, 7) is 6.10. The monoisotopic (exact) mass is 292 g/mol. The number of nitrogens with zero attached hydrogens (tertiary/aromatic N) is 2. The number of amides is 2. The Balaban J connectivity index is 2.67. The SMILES string of the molecule is CCCN(CCC)C(=O)N(C)Cc1ccc(C(=O)O)cc1. The summed E-state index contributed by atoms with van der Waals surface area (Å²) >= 11 is 0. The summed E-state index contributed by atoms with van der Waals surface area (Å²) in [7, 11) is 1.77. The van der Waals surface area contributed by atoms with E-state index in [2.05, 4.69) is 13.8 Å².